The molecule has 0 saturated heterocycles. The van der Waals surface area contributed by atoms with Gasteiger partial charge in [-0.05, 0) is 12.1 Å². The fourth-order valence-corrected chi connectivity index (χ4v) is 1.53. The molecule has 0 aliphatic heterocycles. The summed E-state index contributed by atoms with van der Waals surface area (Å²) in [5.41, 5.74) is 1.48. The van der Waals surface area contributed by atoms with E-state index in [0.29, 0.717) is 11.3 Å². The average molecular weight is 190 g/mol. The Morgan fingerprint density at radius 3 is 2.93 bits per heavy atom. The van der Waals surface area contributed by atoms with Crippen molar-refractivity contribution in [3.8, 4) is 5.75 Å². The van der Waals surface area contributed by atoms with E-state index in [2.05, 4.69) is 5.10 Å². The Labute approximate surface area is 81.1 Å². The molecule has 0 fully saturated rings. The Morgan fingerprint density at radius 1 is 1.50 bits per heavy atom. The zero-order valence-electron chi connectivity index (χ0n) is 8.02. The number of fused-ring (bicyclic) bond motifs is 1. The van der Waals surface area contributed by atoms with Crippen LogP contribution in [-0.2, 0) is 7.05 Å². The zero-order valence-corrected chi connectivity index (χ0v) is 8.02. The Morgan fingerprint density at radius 2 is 2.29 bits per heavy atom. The van der Waals surface area contributed by atoms with E-state index in [9.17, 15) is 4.79 Å². The number of nitrogens with zero attached hydrogens (tertiary/aromatic N) is 2. The second-order valence-corrected chi connectivity index (χ2v) is 3.00. The normalized spacial score (nSPS) is 10.4. The van der Waals surface area contributed by atoms with E-state index >= 15 is 0 Å². The van der Waals surface area contributed by atoms with Gasteiger partial charge in [-0.15, -0.1) is 0 Å². The molecule has 2 aromatic rings. The summed E-state index contributed by atoms with van der Waals surface area (Å²) in [6, 6.07) is 3.65. The van der Waals surface area contributed by atoms with E-state index in [1.807, 2.05) is 13.1 Å². The first-order chi connectivity index (χ1) is 6.77. The molecule has 2 rings (SSSR count). The molecule has 0 atom stereocenters. The van der Waals surface area contributed by atoms with Gasteiger partial charge in [0, 0.05) is 12.4 Å². The molecule has 72 valence electrons. The van der Waals surface area contributed by atoms with E-state index in [1.165, 1.54) is 0 Å². The maximum atomic E-state index is 10.9. The number of aryl methyl sites for hydroxylation is 1. The molecule has 0 unspecified atom stereocenters. The molecule has 4 heteroatoms. The Bertz CT molecular complexity index is 488. The molecule has 0 radical (unpaired) electrons. The molecule has 0 N–H and O–H groups in total. The van der Waals surface area contributed by atoms with Crippen molar-refractivity contribution in [3.63, 3.8) is 0 Å². The van der Waals surface area contributed by atoms with Gasteiger partial charge in [-0.25, -0.2) is 0 Å². The van der Waals surface area contributed by atoms with E-state index in [0.717, 1.165) is 17.2 Å². The van der Waals surface area contributed by atoms with Gasteiger partial charge in [0.25, 0.3) is 0 Å². The standard InChI is InChI=1S/C10H10N2O2/c1-12-9-3-4-10(14-2)8(6-13)7(9)5-11-12/h3-6H,1-2H3. The summed E-state index contributed by atoms with van der Waals surface area (Å²) in [6.07, 6.45) is 2.46. The highest BCUT2D eigenvalue weighted by molar-refractivity contribution is 5.99. The largest absolute Gasteiger partial charge is 0.496 e. The molecule has 1 aromatic carbocycles. The first-order valence-corrected chi connectivity index (χ1v) is 4.22. The van der Waals surface area contributed by atoms with Crippen LogP contribution in [0.5, 0.6) is 5.75 Å². The minimum atomic E-state index is 0.554. The third-order valence-corrected chi connectivity index (χ3v) is 2.27. The molecule has 0 saturated carbocycles. The summed E-state index contributed by atoms with van der Waals surface area (Å²) >= 11 is 0. The first kappa shape index (κ1) is 8.74. The quantitative estimate of drug-likeness (QED) is 0.672. The first-order valence-electron chi connectivity index (χ1n) is 4.22. The molecule has 14 heavy (non-hydrogen) atoms. The SMILES string of the molecule is COc1ccc2c(cnn2C)c1C=O. The fraction of sp³-hybridized carbons (Fsp3) is 0.200. The molecule has 1 heterocycles. The summed E-state index contributed by atoms with van der Waals surface area (Å²) in [4.78, 5) is 10.9. The van der Waals surface area contributed by atoms with Gasteiger partial charge < -0.3 is 4.74 Å². The second kappa shape index (κ2) is 3.14. The predicted octanol–water partition coefficient (Wildman–Crippen LogP) is 1.39. The summed E-state index contributed by atoms with van der Waals surface area (Å²) in [6.45, 7) is 0. The highest BCUT2D eigenvalue weighted by Gasteiger charge is 2.09. The summed E-state index contributed by atoms with van der Waals surface area (Å²) in [5, 5.41) is 4.90. The highest BCUT2D eigenvalue weighted by atomic mass is 16.5. The maximum Gasteiger partial charge on any atom is 0.154 e. The maximum absolute atomic E-state index is 10.9. The Hall–Kier alpha value is -1.84. The van der Waals surface area contributed by atoms with Crippen molar-refractivity contribution in [2.24, 2.45) is 7.05 Å². The smallest absolute Gasteiger partial charge is 0.154 e. The topological polar surface area (TPSA) is 44.1 Å². The zero-order chi connectivity index (χ0) is 10.1. The minimum absolute atomic E-state index is 0.554. The molecule has 0 bridgehead atoms. The van der Waals surface area contributed by atoms with Crippen LogP contribution in [-0.4, -0.2) is 23.2 Å². The number of aromatic nitrogens is 2. The summed E-state index contributed by atoms with van der Waals surface area (Å²) < 4.78 is 6.81. The third kappa shape index (κ3) is 1.08. The fourth-order valence-electron chi connectivity index (χ4n) is 1.53. The van der Waals surface area contributed by atoms with Crippen LogP contribution in [0.1, 0.15) is 10.4 Å². The number of hydrogen-bond acceptors (Lipinski definition) is 3. The lowest BCUT2D eigenvalue weighted by Gasteiger charge is -2.03. The number of rotatable bonds is 2. The van der Waals surface area contributed by atoms with E-state index in [4.69, 9.17) is 4.74 Å². The lowest BCUT2D eigenvalue weighted by Crippen LogP contribution is -1.93. The molecular formula is C10H10N2O2. The number of hydrogen-bond donors (Lipinski definition) is 0. The minimum Gasteiger partial charge on any atom is -0.496 e. The second-order valence-electron chi connectivity index (χ2n) is 3.00. The van der Waals surface area contributed by atoms with Gasteiger partial charge in [-0.1, -0.05) is 0 Å². The Kier molecular flexibility index (Phi) is 1.96. The van der Waals surface area contributed by atoms with Crippen LogP contribution >= 0.6 is 0 Å². The number of aldehydes is 1. The van der Waals surface area contributed by atoms with Gasteiger partial charge in [-0.3, -0.25) is 9.48 Å². The summed E-state index contributed by atoms with van der Waals surface area (Å²) in [7, 11) is 3.38. The number of carbonyl (C=O) groups is 1. The van der Waals surface area contributed by atoms with Crippen molar-refractivity contribution in [3.05, 3.63) is 23.9 Å². The van der Waals surface area contributed by atoms with E-state index < -0.39 is 0 Å². The average Bonchev–Trinajstić information content (AvgIpc) is 2.59. The summed E-state index contributed by atoms with van der Waals surface area (Å²) in [5.74, 6) is 0.584. The van der Waals surface area contributed by atoms with Crippen LogP contribution in [0.25, 0.3) is 10.9 Å². The number of methoxy groups -OCH3 is 1. The predicted molar refractivity (Wildman–Crippen MR) is 52.7 cm³/mol. The Balaban J connectivity index is 2.84. The van der Waals surface area contributed by atoms with Crippen molar-refractivity contribution in [2.45, 2.75) is 0 Å². The van der Waals surface area contributed by atoms with Crippen LogP contribution in [0.4, 0.5) is 0 Å². The molecule has 1 aromatic heterocycles. The molecule has 4 nitrogen and oxygen atoms in total. The van der Waals surface area contributed by atoms with Crippen LogP contribution in [0.3, 0.4) is 0 Å². The van der Waals surface area contributed by atoms with Crippen molar-refractivity contribution in [2.75, 3.05) is 7.11 Å². The number of benzene rings is 1. The molecule has 0 aliphatic carbocycles. The van der Waals surface area contributed by atoms with Crippen LogP contribution in [0.15, 0.2) is 18.3 Å². The van der Waals surface area contributed by atoms with Crippen LogP contribution in [0.2, 0.25) is 0 Å². The molecule has 0 amide bonds. The third-order valence-electron chi connectivity index (χ3n) is 2.27. The van der Waals surface area contributed by atoms with Gasteiger partial charge in [0.05, 0.1) is 24.4 Å². The van der Waals surface area contributed by atoms with Crippen molar-refractivity contribution in [1.82, 2.24) is 9.78 Å². The lowest BCUT2D eigenvalue weighted by atomic mass is 10.1. The van der Waals surface area contributed by atoms with Crippen molar-refractivity contribution < 1.29 is 9.53 Å². The van der Waals surface area contributed by atoms with Crippen LogP contribution < -0.4 is 4.74 Å². The molecule has 0 aliphatic rings. The monoisotopic (exact) mass is 190 g/mol. The van der Waals surface area contributed by atoms with Gasteiger partial charge in [-0.2, -0.15) is 5.10 Å². The van der Waals surface area contributed by atoms with Gasteiger partial charge in [0.2, 0.25) is 0 Å². The lowest BCUT2D eigenvalue weighted by molar-refractivity contribution is 0.112. The highest BCUT2D eigenvalue weighted by Crippen LogP contribution is 2.25. The van der Waals surface area contributed by atoms with E-state index in [-0.39, 0.29) is 0 Å². The van der Waals surface area contributed by atoms with Gasteiger partial charge in [0.15, 0.2) is 6.29 Å². The van der Waals surface area contributed by atoms with E-state index in [1.54, 1.807) is 24.1 Å². The van der Waals surface area contributed by atoms with Gasteiger partial charge in [0.1, 0.15) is 5.75 Å². The van der Waals surface area contributed by atoms with Crippen LogP contribution in [0, 0.1) is 0 Å². The molecule has 0 spiro atoms. The van der Waals surface area contributed by atoms with Crippen molar-refractivity contribution in [1.29, 1.82) is 0 Å². The number of carbonyl (C=O) groups excluding carboxylic acids is 1. The van der Waals surface area contributed by atoms with Crippen molar-refractivity contribution >= 4 is 17.2 Å². The van der Waals surface area contributed by atoms with Gasteiger partial charge >= 0.3 is 0 Å². The molecular weight excluding hydrogens is 180 g/mol. The number of ether oxygens (including phenoxy) is 1.